The number of hydrogen-bond acceptors (Lipinski definition) is 3. The zero-order valence-corrected chi connectivity index (χ0v) is 9.59. The van der Waals surface area contributed by atoms with Gasteiger partial charge >= 0.3 is 6.18 Å². The minimum Gasteiger partial charge on any atom is -0.495 e. The van der Waals surface area contributed by atoms with E-state index in [1.807, 2.05) is 0 Å². The molecule has 1 aromatic rings. The predicted octanol–water partition coefficient (Wildman–Crippen LogP) is 2.40. The van der Waals surface area contributed by atoms with Crippen molar-refractivity contribution in [2.45, 2.75) is 13.1 Å². The molecule has 18 heavy (non-hydrogen) atoms. The van der Waals surface area contributed by atoms with E-state index < -0.39 is 23.4 Å². The Morgan fingerprint density at radius 3 is 2.33 bits per heavy atom. The molecule has 1 amide bonds. The van der Waals surface area contributed by atoms with Gasteiger partial charge < -0.3 is 10.1 Å². The van der Waals surface area contributed by atoms with Crippen LogP contribution in [0.2, 0.25) is 0 Å². The molecule has 98 valence electrons. The Labute approximate surface area is 101 Å². The first-order chi connectivity index (χ1) is 8.25. The molecule has 0 fully saturated rings. The first-order valence-electron chi connectivity index (χ1n) is 4.83. The molecular formula is C11H10F3NO3. The van der Waals surface area contributed by atoms with Gasteiger partial charge in [0.15, 0.2) is 0 Å². The average molecular weight is 261 g/mol. The van der Waals surface area contributed by atoms with Gasteiger partial charge in [-0.15, -0.1) is 0 Å². The van der Waals surface area contributed by atoms with Gasteiger partial charge in [0.25, 0.3) is 5.78 Å². The number of amides is 1. The van der Waals surface area contributed by atoms with E-state index in [9.17, 15) is 22.8 Å². The zero-order chi connectivity index (χ0) is 13.9. The van der Waals surface area contributed by atoms with E-state index in [0.717, 1.165) is 12.1 Å². The molecular weight excluding hydrogens is 251 g/mol. The molecule has 0 spiro atoms. The summed E-state index contributed by atoms with van der Waals surface area (Å²) in [5, 5.41) is 2.29. The van der Waals surface area contributed by atoms with Gasteiger partial charge in [0, 0.05) is 12.5 Å². The number of Topliss-reactive ketones (excluding diaryl/α,β-unsaturated/α-hetero) is 1. The standard InChI is InChI=1S/C11H10F3NO3/c1-6(16)15-8-5-7(3-4-9(8)18-2)10(17)11(12,13)14/h3-5H,1-2H3,(H,15,16). The quantitative estimate of drug-likeness (QED) is 0.850. The summed E-state index contributed by atoms with van der Waals surface area (Å²) in [6.07, 6.45) is -4.96. The summed E-state index contributed by atoms with van der Waals surface area (Å²) in [5.74, 6) is -2.29. The van der Waals surface area contributed by atoms with E-state index >= 15 is 0 Å². The molecule has 1 aromatic carbocycles. The number of nitrogens with one attached hydrogen (secondary N) is 1. The number of carbonyl (C=O) groups excluding carboxylic acids is 2. The number of rotatable bonds is 3. The lowest BCUT2D eigenvalue weighted by molar-refractivity contribution is -0.114. The maximum absolute atomic E-state index is 12.2. The summed E-state index contributed by atoms with van der Waals surface area (Å²) in [5.41, 5.74) is -0.549. The lowest BCUT2D eigenvalue weighted by atomic mass is 10.1. The molecule has 0 unspecified atom stereocenters. The van der Waals surface area contributed by atoms with E-state index in [4.69, 9.17) is 4.74 Å². The predicted molar refractivity (Wildman–Crippen MR) is 57.7 cm³/mol. The van der Waals surface area contributed by atoms with Crippen LogP contribution in [-0.2, 0) is 4.79 Å². The molecule has 0 saturated carbocycles. The van der Waals surface area contributed by atoms with Gasteiger partial charge in [0.1, 0.15) is 5.75 Å². The fourth-order valence-electron chi connectivity index (χ4n) is 1.30. The molecule has 7 heteroatoms. The molecule has 0 aliphatic carbocycles. The van der Waals surface area contributed by atoms with Gasteiger partial charge in [-0.3, -0.25) is 9.59 Å². The van der Waals surface area contributed by atoms with Gasteiger partial charge in [0.05, 0.1) is 12.8 Å². The normalized spacial score (nSPS) is 10.9. The Balaban J connectivity index is 3.18. The molecule has 0 heterocycles. The Morgan fingerprint density at radius 2 is 1.89 bits per heavy atom. The average Bonchev–Trinajstić information content (AvgIpc) is 2.26. The number of methoxy groups -OCH3 is 1. The second-order valence-electron chi connectivity index (χ2n) is 3.42. The maximum atomic E-state index is 12.2. The second kappa shape index (κ2) is 5.07. The van der Waals surface area contributed by atoms with Crippen LogP contribution in [0.5, 0.6) is 5.75 Å². The SMILES string of the molecule is COc1ccc(C(=O)C(F)(F)F)cc1NC(C)=O. The number of anilines is 1. The van der Waals surface area contributed by atoms with Crippen LogP contribution in [0.3, 0.4) is 0 Å². The van der Waals surface area contributed by atoms with Crippen molar-refractivity contribution in [3.8, 4) is 5.75 Å². The van der Waals surface area contributed by atoms with Crippen molar-refractivity contribution in [3.63, 3.8) is 0 Å². The number of benzene rings is 1. The number of ether oxygens (including phenoxy) is 1. The molecule has 1 rings (SSSR count). The van der Waals surface area contributed by atoms with Gasteiger partial charge in [-0.2, -0.15) is 13.2 Å². The Hall–Kier alpha value is -2.05. The fraction of sp³-hybridized carbons (Fsp3) is 0.273. The van der Waals surface area contributed by atoms with E-state index in [2.05, 4.69) is 5.32 Å². The molecule has 4 nitrogen and oxygen atoms in total. The topological polar surface area (TPSA) is 55.4 Å². The van der Waals surface area contributed by atoms with Crippen molar-refractivity contribution in [2.75, 3.05) is 12.4 Å². The van der Waals surface area contributed by atoms with Crippen molar-refractivity contribution >= 4 is 17.4 Å². The maximum Gasteiger partial charge on any atom is 0.454 e. The molecule has 0 aliphatic rings. The largest absolute Gasteiger partial charge is 0.495 e. The number of hydrogen-bond donors (Lipinski definition) is 1. The summed E-state index contributed by atoms with van der Waals surface area (Å²) < 4.78 is 41.6. The minimum atomic E-state index is -4.96. The molecule has 1 N–H and O–H groups in total. The van der Waals surface area contributed by atoms with Gasteiger partial charge in [-0.1, -0.05) is 0 Å². The minimum absolute atomic E-state index is 0.0140. The van der Waals surface area contributed by atoms with Crippen LogP contribution in [0.25, 0.3) is 0 Å². The van der Waals surface area contributed by atoms with E-state index in [0.29, 0.717) is 0 Å². The highest BCUT2D eigenvalue weighted by atomic mass is 19.4. The van der Waals surface area contributed by atoms with E-state index in [1.165, 1.54) is 20.1 Å². The lowest BCUT2D eigenvalue weighted by Gasteiger charge is -2.11. The second-order valence-corrected chi connectivity index (χ2v) is 3.42. The van der Waals surface area contributed by atoms with Crippen molar-refractivity contribution in [2.24, 2.45) is 0 Å². The Bertz CT molecular complexity index is 483. The lowest BCUT2D eigenvalue weighted by Crippen LogP contribution is -2.23. The van der Waals surface area contributed by atoms with Crippen molar-refractivity contribution in [1.82, 2.24) is 0 Å². The first-order valence-corrected chi connectivity index (χ1v) is 4.83. The number of carbonyl (C=O) groups is 2. The van der Waals surface area contributed by atoms with Gasteiger partial charge in [-0.05, 0) is 18.2 Å². The van der Waals surface area contributed by atoms with Crippen LogP contribution in [0.15, 0.2) is 18.2 Å². The van der Waals surface area contributed by atoms with Gasteiger partial charge in [-0.25, -0.2) is 0 Å². The van der Waals surface area contributed by atoms with Crippen LogP contribution in [-0.4, -0.2) is 25.0 Å². The van der Waals surface area contributed by atoms with Crippen LogP contribution in [0, 0.1) is 0 Å². The van der Waals surface area contributed by atoms with Crippen molar-refractivity contribution in [3.05, 3.63) is 23.8 Å². The molecule has 0 saturated heterocycles. The summed E-state index contributed by atoms with van der Waals surface area (Å²) in [4.78, 5) is 21.9. The molecule has 0 bridgehead atoms. The number of halogens is 3. The smallest absolute Gasteiger partial charge is 0.454 e. The van der Waals surface area contributed by atoms with Crippen molar-refractivity contribution < 1.29 is 27.5 Å². The van der Waals surface area contributed by atoms with E-state index in [1.54, 1.807) is 0 Å². The first kappa shape index (κ1) is 14.0. The summed E-state index contributed by atoms with van der Waals surface area (Å²) >= 11 is 0. The third-order valence-electron chi connectivity index (χ3n) is 2.03. The summed E-state index contributed by atoms with van der Waals surface area (Å²) in [6, 6.07) is 3.10. The van der Waals surface area contributed by atoms with Gasteiger partial charge in [0.2, 0.25) is 5.91 Å². The van der Waals surface area contributed by atoms with Crippen LogP contribution >= 0.6 is 0 Å². The van der Waals surface area contributed by atoms with Crippen molar-refractivity contribution in [1.29, 1.82) is 0 Å². The molecule has 0 aliphatic heterocycles. The Kier molecular flexibility index (Phi) is 3.95. The number of alkyl halides is 3. The van der Waals surface area contributed by atoms with Crippen LogP contribution < -0.4 is 10.1 Å². The highest BCUT2D eigenvalue weighted by molar-refractivity contribution is 6.02. The monoisotopic (exact) mass is 261 g/mol. The molecule has 0 atom stereocenters. The number of ketones is 1. The third-order valence-corrected chi connectivity index (χ3v) is 2.03. The third kappa shape index (κ3) is 3.22. The van der Waals surface area contributed by atoms with E-state index in [-0.39, 0.29) is 11.4 Å². The van der Waals surface area contributed by atoms with Crippen LogP contribution in [0.1, 0.15) is 17.3 Å². The highest BCUT2D eigenvalue weighted by Crippen LogP contribution is 2.29. The molecule has 0 radical (unpaired) electrons. The molecule has 0 aromatic heterocycles. The summed E-state index contributed by atoms with van der Waals surface area (Å²) in [6.45, 7) is 1.19. The zero-order valence-electron chi connectivity index (χ0n) is 9.59. The highest BCUT2D eigenvalue weighted by Gasteiger charge is 2.39. The fourth-order valence-corrected chi connectivity index (χ4v) is 1.30. The summed E-state index contributed by atoms with van der Waals surface area (Å²) in [7, 11) is 1.30. The Morgan fingerprint density at radius 1 is 1.28 bits per heavy atom. The van der Waals surface area contributed by atoms with Crippen LogP contribution in [0.4, 0.5) is 18.9 Å².